The van der Waals surface area contributed by atoms with Crippen molar-refractivity contribution in [2.75, 3.05) is 26.2 Å². The fourth-order valence-corrected chi connectivity index (χ4v) is 4.25. The lowest BCUT2D eigenvalue weighted by Crippen LogP contribution is -2.47. The van der Waals surface area contributed by atoms with Crippen LogP contribution < -0.4 is 5.32 Å². The average Bonchev–Trinajstić information content (AvgIpc) is 3.17. The van der Waals surface area contributed by atoms with E-state index in [0.717, 1.165) is 25.7 Å². The summed E-state index contributed by atoms with van der Waals surface area (Å²) in [4.78, 5) is 41.8. The van der Waals surface area contributed by atoms with Gasteiger partial charge in [0.25, 0.3) is 5.91 Å². The van der Waals surface area contributed by atoms with Gasteiger partial charge in [0.15, 0.2) is 0 Å². The number of carbonyl (C=O) groups is 3. The van der Waals surface area contributed by atoms with Crippen molar-refractivity contribution in [3.05, 3.63) is 35.9 Å². The van der Waals surface area contributed by atoms with Gasteiger partial charge in [0.05, 0.1) is 5.92 Å². The molecular formula is C21H29N3O3. The zero-order chi connectivity index (χ0) is 19.2. The summed E-state index contributed by atoms with van der Waals surface area (Å²) < 4.78 is 0. The summed E-state index contributed by atoms with van der Waals surface area (Å²) in [6.07, 6.45) is 3.80. The van der Waals surface area contributed by atoms with Crippen molar-refractivity contribution in [1.82, 2.24) is 15.1 Å². The first-order chi connectivity index (χ1) is 13.1. The molecule has 2 fully saturated rings. The van der Waals surface area contributed by atoms with Crippen LogP contribution in [-0.4, -0.2) is 59.7 Å². The Kier molecular flexibility index (Phi) is 6.48. The summed E-state index contributed by atoms with van der Waals surface area (Å²) in [5.74, 6) is -0.0854. The highest BCUT2D eigenvalue weighted by atomic mass is 16.2. The Balaban J connectivity index is 1.84. The van der Waals surface area contributed by atoms with Gasteiger partial charge in [-0.05, 0) is 31.4 Å². The number of hydrogen-bond acceptors (Lipinski definition) is 3. The molecule has 2 aliphatic rings. The van der Waals surface area contributed by atoms with Crippen LogP contribution in [0.2, 0.25) is 0 Å². The molecule has 1 heterocycles. The number of fused-ring (bicyclic) bond motifs is 1. The minimum Gasteiger partial charge on any atom is -0.354 e. The van der Waals surface area contributed by atoms with Crippen molar-refractivity contribution in [3.63, 3.8) is 0 Å². The molecule has 2 atom stereocenters. The molecular weight excluding hydrogens is 342 g/mol. The highest BCUT2D eigenvalue weighted by molar-refractivity contribution is 5.95. The van der Waals surface area contributed by atoms with Gasteiger partial charge in [-0.1, -0.05) is 31.5 Å². The van der Waals surface area contributed by atoms with E-state index in [2.05, 4.69) is 5.32 Å². The molecule has 1 aliphatic heterocycles. The van der Waals surface area contributed by atoms with Crippen LogP contribution in [0, 0.1) is 5.92 Å². The molecule has 0 spiro atoms. The summed E-state index contributed by atoms with van der Waals surface area (Å²) in [5, 5.41) is 2.99. The summed E-state index contributed by atoms with van der Waals surface area (Å²) >= 11 is 0. The van der Waals surface area contributed by atoms with E-state index in [4.69, 9.17) is 0 Å². The van der Waals surface area contributed by atoms with Crippen LogP contribution in [-0.2, 0) is 9.59 Å². The van der Waals surface area contributed by atoms with Crippen LogP contribution in [0.5, 0.6) is 0 Å². The van der Waals surface area contributed by atoms with Crippen LogP contribution in [0.25, 0.3) is 0 Å². The molecule has 3 rings (SSSR count). The van der Waals surface area contributed by atoms with Gasteiger partial charge >= 0.3 is 0 Å². The second kappa shape index (κ2) is 9.02. The van der Waals surface area contributed by atoms with E-state index < -0.39 is 0 Å². The first-order valence-corrected chi connectivity index (χ1v) is 10.0. The summed E-state index contributed by atoms with van der Waals surface area (Å²) in [6, 6.07) is 9.20. The molecule has 0 aromatic heterocycles. The van der Waals surface area contributed by atoms with Crippen molar-refractivity contribution in [1.29, 1.82) is 0 Å². The summed E-state index contributed by atoms with van der Waals surface area (Å²) in [7, 11) is 0. The van der Waals surface area contributed by atoms with Gasteiger partial charge in [-0.2, -0.15) is 0 Å². The lowest BCUT2D eigenvalue weighted by molar-refractivity contribution is -0.131. The maximum absolute atomic E-state index is 13.2. The molecule has 1 aliphatic carbocycles. The van der Waals surface area contributed by atoms with Crippen LogP contribution >= 0.6 is 0 Å². The SMILES string of the molecule is CCC(=O)N1CCCN(C(=O)c2ccccc2)[C@H]2CCC[C@H]2C(=O)NCC1. The van der Waals surface area contributed by atoms with Crippen molar-refractivity contribution in [2.24, 2.45) is 5.92 Å². The van der Waals surface area contributed by atoms with Gasteiger partial charge in [-0.15, -0.1) is 0 Å². The van der Waals surface area contributed by atoms with E-state index in [0.29, 0.717) is 38.2 Å². The Morgan fingerprint density at radius 2 is 1.85 bits per heavy atom. The molecule has 1 saturated carbocycles. The number of hydrogen-bond donors (Lipinski definition) is 1. The first kappa shape index (κ1) is 19.4. The lowest BCUT2D eigenvalue weighted by atomic mass is 9.99. The fourth-order valence-electron chi connectivity index (χ4n) is 4.25. The molecule has 146 valence electrons. The average molecular weight is 371 g/mol. The van der Waals surface area contributed by atoms with Gasteiger partial charge < -0.3 is 15.1 Å². The third-order valence-corrected chi connectivity index (χ3v) is 5.66. The number of nitrogens with one attached hydrogen (secondary N) is 1. The maximum Gasteiger partial charge on any atom is 0.254 e. The third-order valence-electron chi connectivity index (χ3n) is 5.66. The molecule has 0 bridgehead atoms. The van der Waals surface area contributed by atoms with E-state index in [1.165, 1.54) is 0 Å². The number of benzene rings is 1. The lowest BCUT2D eigenvalue weighted by Gasteiger charge is -2.33. The Morgan fingerprint density at radius 3 is 2.59 bits per heavy atom. The molecule has 6 nitrogen and oxygen atoms in total. The van der Waals surface area contributed by atoms with Gasteiger partial charge in [-0.25, -0.2) is 0 Å². The van der Waals surface area contributed by atoms with Crippen LogP contribution in [0.3, 0.4) is 0 Å². The second-order valence-corrected chi connectivity index (χ2v) is 7.35. The molecule has 0 radical (unpaired) electrons. The van der Waals surface area contributed by atoms with Crippen molar-refractivity contribution < 1.29 is 14.4 Å². The van der Waals surface area contributed by atoms with E-state index in [9.17, 15) is 14.4 Å². The van der Waals surface area contributed by atoms with Crippen LogP contribution in [0.15, 0.2) is 30.3 Å². The third kappa shape index (κ3) is 4.49. The quantitative estimate of drug-likeness (QED) is 0.865. The number of amides is 3. The van der Waals surface area contributed by atoms with Gasteiger partial charge in [0.2, 0.25) is 11.8 Å². The smallest absolute Gasteiger partial charge is 0.254 e. The van der Waals surface area contributed by atoms with Crippen LogP contribution in [0.1, 0.15) is 49.4 Å². The van der Waals surface area contributed by atoms with Crippen molar-refractivity contribution in [2.45, 2.75) is 45.1 Å². The second-order valence-electron chi connectivity index (χ2n) is 7.35. The molecule has 1 aromatic carbocycles. The van der Waals surface area contributed by atoms with Crippen LogP contribution in [0.4, 0.5) is 0 Å². The largest absolute Gasteiger partial charge is 0.354 e. The van der Waals surface area contributed by atoms with E-state index >= 15 is 0 Å². The zero-order valence-corrected chi connectivity index (χ0v) is 16.0. The summed E-state index contributed by atoms with van der Waals surface area (Å²) in [6.45, 7) is 4.03. The maximum atomic E-state index is 13.2. The highest BCUT2D eigenvalue weighted by Crippen LogP contribution is 2.31. The van der Waals surface area contributed by atoms with E-state index in [-0.39, 0.29) is 29.7 Å². The Labute approximate surface area is 160 Å². The molecule has 0 unspecified atom stereocenters. The number of carbonyl (C=O) groups excluding carboxylic acids is 3. The monoisotopic (exact) mass is 371 g/mol. The minimum atomic E-state index is -0.161. The molecule has 1 N–H and O–H groups in total. The van der Waals surface area contributed by atoms with Crippen molar-refractivity contribution >= 4 is 17.7 Å². The predicted octanol–water partition coefficient (Wildman–Crippen LogP) is 2.06. The Morgan fingerprint density at radius 1 is 1.07 bits per heavy atom. The normalized spacial score (nSPS) is 24.0. The minimum absolute atomic E-state index is 0.00848. The van der Waals surface area contributed by atoms with Gasteiger partial charge in [0.1, 0.15) is 0 Å². The molecule has 1 saturated heterocycles. The number of rotatable bonds is 2. The van der Waals surface area contributed by atoms with E-state index in [1.807, 2.05) is 42.2 Å². The fraction of sp³-hybridized carbons (Fsp3) is 0.571. The Bertz CT molecular complexity index is 677. The zero-order valence-electron chi connectivity index (χ0n) is 16.0. The van der Waals surface area contributed by atoms with Gasteiger partial charge in [-0.3, -0.25) is 14.4 Å². The van der Waals surface area contributed by atoms with Gasteiger partial charge in [0, 0.05) is 44.2 Å². The molecule has 1 aromatic rings. The predicted molar refractivity (Wildman–Crippen MR) is 103 cm³/mol. The Hall–Kier alpha value is -2.37. The first-order valence-electron chi connectivity index (χ1n) is 10.0. The topological polar surface area (TPSA) is 69.7 Å². The number of nitrogens with zero attached hydrogens (tertiary/aromatic N) is 2. The standard InChI is InChI=1S/C21H29N3O3/c1-2-19(25)23-13-7-14-24(21(27)16-8-4-3-5-9-16)18-11-6-10-17(18)20(26)22-12-15-23/h3-5,8-9,17-18H,2,6-7,10-15H2,1H3,(H,22,26)/t17-,18+/m1/s1. The molecule has 27 heavy (non-hydrogen) atoms. The highest BCUT2D eigenvalue weighted by Gasteiger charge is 2.39. The van der Waals surface area contributed by atoms with Crippen molar-refractivity contribution in [3.8, 4) is 0 Å². The van der Waals surface area contributed by atoms with E-state index in [1.54, 1.807) is 4.90 Å². The summed E-state index contributed by atoms with van der Waals surface area (Å²) in [5.41, 5.74) is 0.653. The molecule has 3 amide bonds. The molecule has 6 heteroatoms.